The molecule has 6 unspecified atom stereocenters. The van der Waals surface area contributed by atoms with Crippen molar-refractivity contribution in [2.24, 2.45) is 46.3 Å². The van der Waals surface area contributed by atoms with Gasteiger partial charge in [-0.3, -0.25) is 4.79 Å². The van der Waals surface area contributed by atoms with Crippen LogP contribution in [0.4, 0.5) is 4.79 Å². The number of methoxy groups -OCH3 is 1. The van der Waals surface area contributed by atoms with Gasteiger partial charge in [0, 0.05) is 18.0 Å². The van der Waals surface area contributed by atoms with E-state index in [0.717, 1.165) is 44.9 Å². The summed E-state index contributed by atoms with van der Waals surface area (Å²) < 4.78 is 10.1. The molecule has 0 saturated heterocycles. The van der Waals surface area contributed by atoms with Gasteiger partial charge in [0.05, 0.1) is 19.3 Å². The Morgan fingerprint density at radius 1 is 1.09 bits per heavy atom. The maximum Gasteiger partial charge on any atom is 0.404 e. The molecule has 0 radical (unpaired) electrons. The van der Waals surface area contributed by atoms with Crippen LogP contribution in [0.15, 0.2) is 0 Å². The maximum atomic E-state index is 11.7. The molecule has 0 amide bonds. The fraction of sp³-hybridized carbons (Fsp3) is 0.923. The Hall–Kier alpha value is -0.850. The monoisotopic (exact) mass is 484 g/mol. The molecular formula is C26H41ClO6. The molecule has 11 atom stereocenters. The lowest BCUT2D eigenvalue weighted by atomic mass is 9.43. The highest BCUT2D eigenvalue weighted by molar-refractivity contribution is 6.61. The highest BCUT2D eigenvalue weighted by Crippen LogP contribution is 2.68. The molecule has 0 heterocycles. The Kier molecular flexibility index (Phi) is 7.12. The third-order valence-electron chi connectivity index (χ3n) is 10.8. The average molecular weight is 485 g/mol. The van der Waals surface area contributed by atoms with Gasteiger partial charge in [-0.2, -0.15) is 0 Å². The van der Waals surface area contributed by atoms with Crippen LogP contribution in [-0.4, -0.2) is 47.0 Å². The highest BCUT2D eigenvalue weighted by atomic mass is 35.5. The topological polar surface area (TPSA) is 93.1 Å². The zero-order valence-electron chi connectivity index (χ0n) is 20.5. The number of aliphatic hydroxyl groups excluding tert-OH is 2. The molecule has 7 heteroatoms. The molecule has 0 aromatic carbocycles. The largest absolute Gasteiger partial charge is 0.469 e. The average Bonchev–Trinajstić information content (AvgIpc) is 3.11. The number of rotatable bonds is 5. The molecule has 4 rings (SSSR count). The van der Waals surface area contributed by atoms with Crippen molar-refractivity contribution >= 4 is 23.0 Å². The van der Waals surface area contributed by atoms with E-state index in [1.54, 1.807) is 0 Å². The van der Waals surface area contributed by atoms with Gasteiger partial charge in [0.2, 0.25) is 0 Å². The van der Waals surface area contributed by atoms with Gasteiger partial charge < -0.3 is 19.7 Å². The van der Waals surface area contributed by atoms with E-state index in [9.17, 15) is 19.8 Å². The van der Waals surface area contributed by atoms with E-state index in [1.165, 1.54) is 7.11 Å². The minimum Gasteiger partial charge on any atom is -0.469 e. The lowest BCUT2D eigenvalue weighted by Crippen LogP contribution is -2.62. The van der Waals surface area contributed by atoms with E-state index in [-0.39, 0.29) is 46.6 Å². The molecule has 4 saturated carbocycles. The number of hydrogen-bond donors (Lipinski definition) is 2. The predicted molar refractivity (Wildman–Crippen MR) is 125 cm³/mol. The Bertz CT molecular complexity index is 759. The van der Waals surface area contributed by atoms with Gasteiger partial charge in [0.15, 0.2) is 0 Å². The van der Waals surface area contributed by atoms with Crippen molar-refractivity contribution in [3.8, 4) is 0 Å². The van der Waals surface area contributed by atoms with Gasteiger partial charge in [-0.05, 0) is 97.7 Å². The fourth-order valence-corrected chi connectivity index (χ4v) is 9.13. The predicted octanol–water partition coefficient (Wildman–Crippen LogP) is 4.92. The first kappa shape index (κ1) is 25.2. The maximum absolute atomic E-state index is 11.7. The van der Waals surface area contributed by atoms with E-state index in [0.29, 0.717) is 24.7 Å². The number of carbonyl (C=O) groups excluding carboxylic acids is 2. The number of fused-ring (bicyclic) bond motifs is 5. The second-order valence-corrected chi connectivity index (χ2v) is 12.3. The summed E-state index contributed by atoms with van der Waals surface area (Å²) in [5.74, 6) is 1.46. The van der Waals surface area contributed by atoms with Crippen molar-refractivity contribution in [2.75, 3.05) is 7.11 Å². The molecule has 0 aliphatic heterocycles. The smallest absolute Gasteiger partial charge is 0.404 e. The third kappa shape index (κ3) is 4.23. The summed E-state index contributed by atoms with van der Waals surface area (Å²) >= 11 is 5.47. The number of aliphatic hydroxyl groups is 2. The lowest BCUT2D eigenvalue weighted by molar-refractivity contribution is -0.206. The summed E-state index contributed by atoms with van der Waals surface area (Å²) in [6.07, 6.45) is 6.11. The van der Waals surface area contributed by atoms with Crippen LogP contribution in [0.5, 0.6) is 0 Å². The standard InChI is InChI=1S/C26H41ClO6/c1-14(5-8-22(30)32-4)17-6-7-18-23-19(13-21(29)26(17,18)3)25(2)10-9-16(33-24(27)31)11-15(25)12-20(23)28/h14-21,23,28-29H,5-13H2,1-4H3/t14?,15-,16-,17?,18+,19?,20+,21?,23+,25?,26?/m1/s1. The molecule has 0 aromatic heterocycles. The zero-order valence-corrected chi connectivity index (χ0v) is 21.2. The van der Waals surface area contributed by atoms with Crippen molar-refractivity contribution < 1.29 is 29.3 Å². The first-order chi connectivity index (χ1) is 15.5. The third-order valence-corrected chi connectivity index (χ3v) is 10.9. The molecule has 0 bridgehead atoms. The molecule has 188 valence electrons. The van der Waals surface area contributed by atoms with E-state index in [4.69, 9.17) is 21.1 Å². The molecule has 33 heavy (non-hydrogen) atoms. The zero-order chi connectivity index (χ0) is 24.1. The Morgan fingerprint density at radius 3 is 2.48 bits per heavy atom. The van der Waals surface area contributed by atoms with Crippen LogP contribution >= 0.6 is 11.6 Å². The summed E-state index contributed by atoms with van der Waals surface area (Å²) in [4.78, 5) is 23.0. The normalized spacial score (nSPS) is 47.6. The van der Waals surface area contributed by atoms with Gasteiger partial charge in [-0.1, -0.05) is 20.8 Å². The number of esters is 1. The van der Waals surface area contributed by atoms with Gasteiger partial charge in [0.1, 0.15) is 6.10 Å². The second kappa shape index (κ2) is 9.31. The Labute approximate surface area is 202 Å². The minimum absolute atomic E-state index is 0.0238. The Morgan fingerprint density at radius 2 is 1.82 bits per heavy atom. The lowest BCUT2D eigenvalue weighted by Gasteiger charge is -2.63. The summed E-state index contributed by atoms with van der Waals surface area (Å²) in [5.41, 5.74) is -0.970. The molecule has 6 nitrogen and oxygen atoms in total. The number of ether oxygens (including phenoxy) is 2. The summed E-state index contributed by atoms with van der Waals surface area (Å²) in [6, 6.07) is 0. The van der Waals surface area contributed by atoms with Crippen molar-refractivity contribution in [1.82, 2.24) is 0 Å². The molecule has 2 N–H and O–H groups in total. The van der Waals surface area contributed by atoms with Gasteiger partial charge in [-0.25, -0.2) is 4.79 Å². The molecule has 4 aliphatic carbocycles. The van der Waals surface area contributed by atoms with Crippen molar-refractivity contribution in [1.29, 1.82) is 0 Å². The van der Waals surface area contributed by atoms with Crippen LogP contribution in [0.3, 0.4) is 0 Å². The van der Waals surface area contributed by atoms with E-state index in [2.05, 4.69) is 20.8 Å². The van der Waals surface area contributed by atoms with Gasteiger partial charge >= 0.3 is 11.4 Å². The molecule has 0 spiro atoms. The Balaban J connectivity index is 1.54. The molecule has 4 aliphatic rings. The second-order valence-electron chi connectivity index (χ2n) is 11.9. The summed E-state index contributed by atoms with van der Waals surface area (Å²) in [5, 5.41) is 23.1. The first-order valence-electron chi connectivity index (χ1n) is 12.8. The van der Waals surface area contributed by atoms with Crippen LogP contribution in [0.1, 0.15) is 78.6 Å². The van der Waals surface area contributed by atoms with E-state index < -0.39 is 17.6 Å². The van der Waals surface area contributed by atoms with Gasteiger partial charge in [-0.15, -0.1) is 0 Å². The first-order valence-corrected chi connectivity index (χ1v) is 13.2. The number of halogens is 1. The van der Waals surface area contributed by atoms with Crippen LogP contribution in [0.2, 0.25) is 0 Å². The minimum atomic E-state index is -0.750. The summed E-state index contributed by atoms with van der Waals surface area (Å²) in [6.45, 7) is 6.78. The SMILES string of the molecule is COC(=O)CCC(C)C1CC[C@H]2[C@H]3C(CC(O)C12C)C1(C)CC[C@@H](OC(=O)Cl)C[C@@H]1C[C@@H]3O. The van der Waals surface area contributed by atoms with Crippen molar-refractivity contribution in [3.05, 3.63) is 0 Å². The highest BCUT2D eigenvalue weighted by Gasteiger charge is 2.65. The van der Waals surface area contributed by atoms with Crippen LogP contribution < -0.4 is 0 Å². The number of carbonyl (C=O) groups is 2. The molecular weight excluding hydrogens is 444 g/mol. The quantitative estimate of drug-likeness (QED) is 0.425. The van der Waals surface area contributed by atoms with E-state index in [1.807, 2.05) is 0 Å². The van der Waals surface area contributed by atoms with Gasteiger partial charge in [0.25, 0.3) is 0 Å². The van der Waals surface area contributed by atoms with Crippen LogP contribution in [-0.2, 0) is 14.3 Å². The van der Waals surface area contributed by atoms with Crippen molar-refractivity contribution in [3.63, 3.8) is 0 Å². The van der Waals surface area contributed by atoms with E-state index >= 15 is 0 Å². The fourth-order valence-electron chi connectivity index (χ4n) is 9.00. The molecule has 4 fully saturated rings. The van der Waals surface area contributed by atoms with Crippen LogP contribution in [0.25, 0.3) is 0 Å². The summed E-state index contributed by atoms with van der Waals surface area (Å²) in [7, 11) is 1.43. The van der Waals surface area contributed by atoms with Crippen molar-refractivity contribution in [2.45, 2.75) is 96.9 Å². The number of hydrogen-bond acceptors (Lipinski definition) is 6. The van der Waals surface area contributed by atoms with Crippen LogP contribution in [0, 0.1) is 46.3 Å². The molecule has 0 aromatic rings.